The molecule has 1 atom stereocenters. The summed E-state index contributed by atoms with van der Waals surface area (Å²) in [5, 5.41) is 0. The molecule has 84 valence electrons. The summed E-state index contributed by atoms with van der Waals surface area (Å²) in [5.41, 5.74) is 7.86. The molecule has 1 spiro atoms. The van der Waals surface area contributed by atoms with Crippen molar-refractivity contribution >= 4 is 6.02 Å². The summed E-state index contributed by atoms with van der Waals surface area (Å²) in [6.45, 7) is 0.649. The Morgan fingerprint density at radius 1 is 1.44 bits per heavy atom. The lowest BCUT2D eigenvalue weighted by atomic mass is 10.0. The van der Waals surface area contributed by atoms with Gasteiger partial charge in [-0.2, -0.15) is 0 Å². The van der Waals surface area contributed by atoms with Crippen LogP contribution < -0.4 is 10.5 Å². The van der Waals surface area contributed by atoms with Crippen LogP contribution in [-0.2, 0) is 17.6 Å². The van der Waals surface area contributed by atoms with E-state index < -0.39 is 0 Å². The molecule has 16 heavy (non-hydrogen) atoms. The number of nitrogens with two attached hydrogens (primary N) is 1. The molecule has 0 bridgehead atoms. The van der Waals surface area contributed by atoms with Crippen molar-refractivity contribution < 1.29 is 9.47 Å². The first-order valence-corrected chi connectivity index (χ1v) is 5.36. The SMILES string of the molecule is COc1cccc2c1CC1(CN=C(N)O1)C2. The average Bonchev–Trinajstić information content (AvgIpc) is 2.81. The van der Waals surface area contributed by atoms with Crippen molar-refractivity contribution in [2.24, 2.45) is 10.7 Å². The average molecular weight is 218 g/mol. The molecule has 0 aromatic heterocycles. The van der Waals surface area contributed by atoms with Gasteiger partial charge in [-0.3, -0.25) is 0 Å². The standard InChI is InChI=1S/C12H14N2O2/c1-15-10-4-2-3-8-5-12(6-9(8)10)7-14-11(13)16-12/h2-4H,5-7H2,1H3,(H2,13,14). The van der Waals surface area contributed by atoms with Crippen LogP contribution in [-0.4, -0.2) is 25.3 Å². The maximum Gasteiger partial charge on any atom is 0.282 e. The minimum atomic E-state index is -0.249. The third-order valence-electron chi connectivity index (χ3n) is 3.31. The van der Waals surface area contributed by atoms with Gasteiger partial charge in [0.05, 0.1) is 13.7 Å². The molecule has 0 fully saturated rings. The summed E-state index contributed by atoms with van der Waals surface area (Å²) in [7, 11) is 1.70. The van der Waals surface area contributed by atoms with Crippen LogP contribution in [0.1, 0.15) is 11.1 Å². The van der Waals surface area contributed by atoms with Crippen molar-refractivity contribution in [3.8, 4) is 5.75 Å². The number of hydrogen-bond donors (Lipinski definition) is 1. The van der Waals surface area contributed by atoms with E-state index in [2.05, 4.69) is 11.1 Å². The van der Waals surface area contributed by atoms with E-state index in [1.807, 2.05) is 12.1 Å². The van der Waals surface area contributed by atoms with Crippen LogP contribution in [0.15, 0.2) is 23.2 Å². The fourth-order valence-corrected chi connectivity index (χ4v) is 2.59. The van der Waals surface area contributed by atoms with Gasteiger partial charge in [0.1, 0.15) is 11.4 Å². The van der Waals surface area contributed by atoms with Gasteiger partial charge in [0.15, 0.2) is 0 Å². The van der Waals surface area contributed by atoms with Gasteiger partial charge in [-0.15, -0.1) is 0 Å². The number of hydrogen-bond acceptors (Lipinski definition) is 4. The minimum Gasteiger partial charge on any atom is -0.496 e. The molecule has 4 heteroatoms. The van der Waals surface area contributed by atoms with Crippen LogP contribution >= 0.6 is 0 Å². The second-order valence-corrected chi connectivity index (χ2v) is 4.39. The van der Waals surface area contributed by atoms with E-state index in [0.29, 0.717) is 12.6 Å². The highest BCUT2D eigenvalue weighted by atomic mass is 16.5. The fraction of sp³-hybridized carbons (Fsp3) is 0.417. The molecule has 2 aliphatic rings. The van der Waals surface area contributed by atoms with E-state index in [-0.39, 0.29) is 5.60 Å². The number of aliphatic imine (C=N–C) groups is 1. The third kappa shape index (κ3) is 1.26. The van der Waals surface area contributed by atoms with Crippen molar-refractivity contribution in [1.82, 2.24) is 0 Å². The summed E-state index contributed by atoms with van der Waals surface area (Å²) in [5.74, 6) is 0.934. The number of fused-ring (bicyclic) bond motifs is 1. The normalized spacial score (nSPS) is 26.4. The maximum atomic E-state index is 5.66. The largest absolute Gasteiger partial charge is 0.496 e. The van der Waals surface area contributed by atoms with Gasteiger partial charge in [0.2, 0.25) is 0 Å². The second-order valence-electron chi connectivity index (χ2n) is 4.39. The van der Waals surface area contributed by atoms with Gasteiger partial charge in [0.25, 0.3) is 6.02 Å². The Balaban J connectivity index is 1.95. The number of ether oxygens (including phenoxy) is 2. The quantitative estimate of drug-likeness (QED) is 0.761. The van der Waals surface area contributed by atoms with E-state index in [1.54, 1.807) is 7.11 Å². The Hall–Kier alpha value is -1.71. The zero-order chi connectivity index (χ0) is 11.2. The topological polar surface area (TPSA) is 56.8 Å². The molecular formula is C12H14N2O2. The van der Waals surface area contributed by atoms with Crippen LogP contribution in [0, 0.1) is 0 Å². The van der Waals surface area contributed by atoms with Crippen molar-refractivity contribution in [2.45, 2.75) is 18.4 Å². The predicted octanol–water partition coefficient (Wildman–Crippen LogP) is 0.878. The van der Waals surface area contributed by atoms with Gasteiger partial charge >= 0.3 is 0 Å². The Labute approximate surface area is 94.1 Å². The second kappa shape index (κ2) is 3.14. The first-order valence-electron chi connectivity index (χ1n) is 5.36. The van der Waals surface area contributed by atoms with E-state index in [9.17, 15) is 0 Å². The lowest BCUT2D eigenvalue weighted by Gasteiger charge is -2.21. The Bertz CT molecular complexity index is 470. The maximum absolute atomic E-state index is 5.66. The highest BCUT2D eigenvalue weighted by Crippen LogP contribution is 2.39. The van der Waals surface area contributed by atoms with E-state index in [0.717, 1.165) is 18.6 Å². The van der Waals surface area contributed by atoms with Crippen molar-refractivity contribution in [2.75, 3.05) is 13.7 Å². The zero-order valence-electron chi connectivity index (χ0n) is 9.19. The first-order chi connectivity index (χ1) is 7.72. The predicted molar refractivity (Wildman–Crippen MR) is 60.7 cm³/mol. The molecule has 0 amide bonds. The minimum absolute atomic E-state index is 0.249. The number of methoxy groups -OCH3 is 1. The number of rotatable bonds is 1. The molecule has 1 aromatic carbocycles. The molecule has 1 aliphatic carbocycles. The molecule has 0 radical (unpaired) electrons. The van der Waals surface area contributed by atoms with Crippen molar-refractivity contribution in [3.63, 3.8) is 0 Å². The summed E-state index contributed by atoms with van der Waals surface area (Å²) in [4.78, 5) is 4.14. The van der Waals surface area contributed by atoms with Gasteiger partial charge in [-0.05, 0) is 11.6 Å². The van der Waals surface area contributed by atoms with Crippen LogP contribution in [0.4, 0.5) is 0 Å². The summed E-state index contributed by atoms with van der Waals surface area (Å²) in [6, 6.07) is 6.42. The zero-order valence-corrected chi connectivity index (χ0v) is 9.19. The van der Waals surface area contributed by atoms with E-state index in [4.69, 9.17) is 15.2 Å². The lowest BCUT2D eigenvalue weighted by Crippen LogP contribution is -2.35. The smallest absolute Gasteiger partial charge is 0.282 e. The van der Waals surface area contributed by atoms with Crippen LogP contribution in [0.25, 0.3) is 0 Å². The Morgan fingerprint density at radius 3 is 3.00 bits per heavy atom. The van der Waals surface area contributed by atoms with Crippen molar-refractivity contribution in [1.29, 1.82) is 0 Å². The van der Waals surface area contributed by atoms with E-state index in [1.165, 1.54) is 11.1 Å². The molecule has 0 saturated carbocycles. The fourth-order valence-electron chi connectivity index (χ4n) is 2.59. The van der Waals surface area contributed by atoms with Crippen molar-refractivity contribution in [3.05, 3.63) is 29.3 Å². The number of benzene rings is 1. The molecule has 3 rings (SSSR count). The summed E-state index contributed by atoms with van der Waals surface area (Å²) in [6.07, 6.45) is 1.69. The van der Waals surface area contributed by atoms with Gasteiger partial charge in [0, 0.05) is 18.4 Å². The highest BCUT2D eigenvalue weighted by molar-refractivity contribution is 5.74. The molecular weight excluding hydrogens is 204 g/mol. The van der Waals surface area contributed by atoms with E-state index >= 15 is 0 Å². The number of amidine groups is 1. The monoisotopic (exact) mass is 218 g/mol. The molecule has 4 nitrogen and oxygen atoms in total. The summed E-state index contributed by atoms with van der Waals surface area (Å²) < 4.78 is 11.0. The molecule has 0 saturated heterocycles. The third-order valence-corrected chi connectivity index (χ3v) is 3.31. The number of nitrogens with zero attached hydrogens (tertiary/aromatic N) is 1. The Kier molecular flexibility index (Phi) is 1.87. The highest BCUT2D eigenvalue weighted by Gasteiger charge is 2.44. The molecule has 2 N–H and O–H groups in total. The molecule has 1 unspecified atom stereocenters. The van der Waals surface area contributed by atoms with Gasteiger partial charge < -0.3 is 15.2 Å². The molecule has 1 heterocycles. The lowest BCUT2D eigenvalue weighted by molar-refractivity contribution is 0.0972. The van der Waals surface area contributed by atoms with Gasteiger partial charge in [-0.25, -0.2) is 4.99 Å². The van der Waals surface area contributed by atoms with Crippen LogP contribution in [0.3, 0.4) is 0 Å². The summed E-state index contributed by atoms with van der Waals surface area (Å²) >= 11 is 0. The molecule has 1 aliphatic heterocycles. The van der Waals surface area contributed by atoms with Crippen LogP contribution in [0.2, 0.25) is 0 Å². The Morgan fingerprint density at radius 2 is 2.31 bits per heavy atom. The van der Waals surface area contributed by atoms with Crippen LogP contribution in [0.5, 0.6) is 5.75 Å². The first kappa shape index (κ1) is 9.51. The molecule has 1 aromatic rings. The van der Waals surface area contributed by atoms with Gasteiger partial charge in [-0.1, -0.05) is 12.1 Å².